The summed E-state index contributed by atoms with van der Waals surface area (Å²) in [5.41, 5.74) is 3.32. The van der Waals surface area contributed by atoms with Gasteiger partial charge in [-0.3, -0.25) is 4.79 Å². The van der Waals surface area contributed by atoms with E-state index in [2.05, 4.69) is 28.1 Å². The molecule has 1 N–H and O–H groups in total. The van der Waals surface area contributed by atoms with Crippen LogP contribution in [0.1, 0.15) is 30.7 Å². The molecule has 0 unspecified atom stereocenters. The molecule has 0 aliphatic carbocycles. The monoisotopic (exact) mass is 471 g/mol. The standard InChI is InChI=1S/C29H33N3O3/c1-34-24-12-7-13-25(22-24)35-21-9-20-32-27-15-6-5-14-26(27)31-28(32)16-8-19-30-29(33)18-17-23-10-3-2-4-11-23/h2-7,10-15,22H,8-9,16-21H2,1H3,(H,30,33). The summed E-state index contributed by atoms with van der Waals surface area (Å²) in [6.07, 6.45) is 3.79. The number of benzene rings is 3. The number of aromatic nitrogens is 2. The molecule has 0 spiro atoms. The maximum absolute atomic E-state index is 12.2. The SMILES string of the molecule is COc1cccc(OCCCn2c(CCCNC(=O)CCc3ccccc3)nc3ccccc32)c1. The number of amides is 1. The third-order valence-corrected chi connectivity index (χ3v) is 5.95. The zero-order valence-electron chi connectivity index (χ0n) is 20.3. The average Bonchev–Trinajstić information content (AvgIpc) is 3.26. The van der Waals surface area contributed by atoms with E-state index in [1.54, 1.807) is 7.11 Å². The summed E-state index contributed by atoms with van der Waals surface area (Å²) in [7, 11) is 1.65. The van der Waals surface area contributed by atoms with Gasteiger partial charge in [0.2, 0.25) is 5.91 Å². The molecule has 3 aromatic carbocycles. The van der Waals surface area contributed by atoms with Gasteiger partial charge in [0.25, 0.3) is 0 Å². The normalized spacial score (nSPS) is 10.9. The number of nitrogens with zero attached hydrogens (tertiary/aromatic N) is 2. The van der Waals surface area contributed by atoms with Gasteiger partial charge in [0.15, 0.2) is 0 Å². The minimum Gasteiger partial charge on any atom is -0.497 e. The van der Waals surface area contributed by atoms with Crippen LogP contribution in [0.3, 0.4) is 0 Å². The predicted molar refractivity (Wildman–Crippen MR) is 139 cm³/mol. The molecular formula is C29H33N3O3. The topological polar surface area (TPSA) is 65.4 Å². The summed E-state index contributed by atoms with van der Waals surface area (Å²) in [6, 6.07) is 26.0. The largest absolute Gasteiger partial charge is 0.497 e. The average molecular weight is 472 g/mol. The number of carbonyl (C=O) groups is 1. The summed E-state index contributed by atoms with van der Waals surface area (Å²) in [4.78, 5) is 17.1. The quantitative estimate of drug-likeness (QED) is 0.272. The van der Waals surface area contributed by atoms with Crippen LogP contribution in [0.15, 0.2) is 78.9 Å². The van der Waals surface area contributed by atoms with Crippen molar-refractivity contribution < 1.29 is 14.3 Å². The molecule has 0 atom stereocenters. The fraction of sp³-hybridized carbons (Fsp3) is 0.310. The molecule has 0 bridgehead atoms. The molecule has 35 heavy (non-hydrogen) atoms. The smallest absolute Gasteiger partial charge is 0.220 e. The van der Waals surface area contributed by atoms with Gasteiger partial charge in [0.05, 0.1) is 24.8 Å². The highest BCUT2D eigenvalue weighted by molar-refractivity contribution is 5.76. The number of fused-ring (bicyclic) bond motifs is 1. The van der Waals surface area contributed by atoms with Gasteiger partial charge in [-0.05, 0) is 49.1 Å². The minimum atomic E-state index is 0.0945. The summed E-state index contributed by atoms with van der Waals surface area (Å²) >= 11 is 0. The molecule has 1 aromatic heterocycles. The highest BCUT2D eigenvalue weighted by Crippen LogP contribution is 2.20. The molecule has 0 saturated heterocycles. The molecular weight excluding hydrogens is 438 g/mol. The molecule has 4 rings (SSSR count). The van der Waals surface area contributed by atoms with Crippen molar-refractivity contribution in [1.29, 1.82) is 0 Å². The number of imidazole rings is 1. The Hall–Kier alpha value is -3.80. The Kier molecular flexibility index (Phi) is 8.76. The van der Waals surface area contributed by atoms with Crippen molar-refractivity contribution >= 4 is 16.9 Å². The van der Waals surface area contributed by atoms with Crippen molar-refractivity contribution in [3.63, 3.8) is 0 Å². The van der Waals surface area contributed by atoms with E-state index >= 15 is 0 Å². The third-order valence-electron chi connectivity index (χ3n) is 5.95. The number of hydrogen-bond donors (Lipinski definition) is 1. The maximum atomic E-state index is 12.2. The first-order chi connectivity index (χ1) is 17.2. The molecule has 0 aliphatic heterocycles. The van der Waals surface area contributed by atoms with Crippen molar-refractivity contribution in [2.45, 2.75) is 38.6 Å². The second-order valence-corrected chi connectivity index (χ2v) is 8.49. The van der Waals surface area contributed by atoms with Gasteiger partial charge in [-0.25, -0.2) is 4.98 Å². The van der Waals surface area contributed by atoms with Crippen LogP contribution in [0.4, 0.5) is 0 Å². The second kappa shape index (κ2) is 12.6. The zero-order chi connectivity index (χ0) is 24.3. The van der Waals surface area contributed by atoms with Crippen LogP contribution in [0.25, 0.3) is 11.0 Å². The molecule has 1 heterocycles. The van der Waals surface area contributed by atoms with Crippen molar-refractivity contribution in [3.05, 3.63) is 90.3 Å². The summed E-state index contributed by atoms with van der Waals surface area (Å²) in [5.74, 6) is 2.74. The second-order valence-electron chi connectivity index (χ2n) is 8.49. The third kappa shape index (κ3) is 7.09. The van der Waals surface area contributed by atoms with Crippen molar-refractivity contribution in [3.8, 4) is 11.5 Å². The fourth-order valence-electron chi connectivity index (χ4n) is 4.13. The zero-order valence-corrected chi connectivity index (χ0v) is 20.3. The summed E-state index contributed by atoms with van der Waals surface area (Å²) in [6.45, 7) is 2.08. The van der Waals surface area contributed by atoms with Crippen LogP contribution in [-0.4, -0.2) is 35.7 Å². The number of hydrogen-bond acceptors (Lipinski definition) is 4. The first-order valence-electron chi connectivity index (χ1n) is 12.2. The Bertz CT molecular complexity index is 1220. The number of methoxy groups -OCH3 is 1. The Labute approximate surface area is 206 Å². The Morgan fingerprint density at radius 2 is 1.71 bits per heavy atom. The molecule has 182 valence electrons. The molecule has 1 amide bonds. The lowest BCUT2D eigenvalue weighted by atomic mass is 10.1. The highest BCUT2D eigenvalue weighted by Gasteiger charge is 2.11. The van der Waals surface area contributed by atoms with Gasteiger partial charge in [-0.15, -0.1) is 0 Å². The number of nitrogens with one attached hydrogen (secondary N) is 1. The Balaban J connectivity index is 1.26. The van der Waals surface area contributed by atoms with E-state index in [4.69, 9.17) is 14.5 Å². The van der Waals surface area contributed by atoms with E-state index in [9.17, 15) is 4.79 Å². The van der Waals surface area contributed by atoms with E-state index < -0.39 is 0 Å². The van der Waals surface area contributed by atoms with Gasteiger partial charge in [0, 0.05) is 32.0 Å². The molecule has 4 aromatic rings. The van der Waals surface area contributed by atoms with Gasteiger partial charge in [0.1, 0.15) is 17.3 Å². The molecule has 0 saturated carbocycles. The predicted octanol–water partition coefficient (Wildman–Crippen LogP) is 5.20. The molecule has 0 aliphatic rings. The number of rotatable bonds is 13. The minimum absolute atomic E-state index is 0.0945. The maximum Gasteiger partial charge on any atom is 0.220 e. The molecule has 6 nitrogen and oxygen atoms in total. The van der Waals surface area contributed by atoms with E-state index in [0.717, 1.165) is 60.6 Å². The van der Waals surface area contributed by atoms with Gasteiger partial charge in [-0.1, -0.05) is 48.5 Å². The van der Waals surface area contributed by atoms with Crippen LogP contribution in [0, 0.1) is 0 Å². The highest BCUT2D eigenvalue weighted by atomic mass is 16.5. The van der Waals surface area contributed by atoms with E-state index in [1.807, 2.05) is 60.7 Å². The van der Waals surface area contributed by atoms with Crippen LogP contribution >= 0.6 is 0 Å². The van der Waals surface area contributed by atoms with E-state index in [1.165, 1.54) is 5.56 Å². The molecule has 0 fully saturated rings. The fourth-order valence-corrected chi connectivity index (χ4v) is 4.13. The van der Waals surface area contributed by atoms with Gasteiger partial charge in [-0.2, -0.15) is 0 Å². The van der Waals surface area contributed by atoms with Gasteiger partial charge < -0.3 is 19.4 Å². The first-order valence-corrected chi connectivity index (χ1v) is 12.2. The lowest BCUT2D eigenvalue weighted by molar-refractivity contribution is -0.121. The number of para-hydroxylation sites is 2. The van der Waals surface area contributed by atoms with Crippen LogP contribution in [-0.2, 0) is 24.2 Å². The lowest BCUT2D eigenvalue weighted by Gasteiger charge is -2.11. The Morgan fingerprint density at radius 3 is 2.57 bits per heavy atom. The van der Waals surface area contributed by atoms with E-state index in [-0.39, 0.29) is 5.91 Å². The summed E-state index contributed by atoms with van der Waals surface area (Å²) in [5, 5.41) is 3.05. The van der Waals surface area contributed by atoms with E-state index in [0.29, 0.717) is 19.6 Å². The summed E-state index contributed by atoms with van der Waals surface area (Å²) < 4.78 is 13.5. The number of carbonyl (C=O) groups excluding carboxylic acids is 1. The Morgan fingerprint density at radius 1 is 0.914 bits per heavy atom. The van der Waals surface area contributed by atoms with Crippen LogP contribution < -0.4 is 14.8 Å². The van der Waals surface area contributed by atoms with Crippen molar-refractivity contribution in [2.75, 3.05) is 20.3 Å². The lowest BCUT2D eigenvalue weighted by Crippen LogP contribution is -2.25. The molecule has 6 heteroatoms. The molecule has 0 radical (unpaired) electrons. The van der Waals surface area contributed by atoms with Crippen LogP contribution in [0.5, 0.6) is 11.5 Å². The van der Waals surface area contributed by atoms with Crippen LogP contribution in [0.2, 0.25) is 0 Å². The van der Waals surface area contributed by atoms with Crippen molar-refractivity contribution in [2.24, 2.45) is 0 Å². The van der Waals surface area contributed by atoms with Gasteiger partial charge >= 0.3 is 0 Å². The number of aryl methyl sites for hydroxylation is 3. The first kappa shape index (κ1) is 24.3. The van der Waals surface area contributed by atoms with Crippen molar-refractivity contribution in [1.82, 2.24) is 14.9 Å². The number of ether oxygens (including phenoxy) is 2.